The van der Waals surface area contributed by atoms with Crippen LogP contribution in [0.1, 0.15) is 25.0 Å². The third-order valence-corrected chi connectivity index (χ3v) is 5.56. The SMILES string of the molecule is CC(C)[C@H](CN(N=O)[C@@H](Cc1ccccc1)CN(C)N=O)N(CCc1ccccc1)N=O. The Labute approximate surface area is 189 Å². The summed E-state index contributed by atoms with van der Waals surface area (Å²) in [5.74, 6) is 0.0482. The molecule has 0 aliphatic carbocycles. The Bertz CT molecular complexity index is 821. The number of nitrogens with zero attached hydrogens (tertiary/aromatic N) is 6. The lowest BCUT2D eigenvalue weighted by Crippen LogP contribution is -2.49. The van der Waals surface area contributed by atoms with Crippen LogP contribution in [-0.4, -0.2) is 53.8 Å². The molecule has 0 heterocycles. The van der Waals surface area contributed by atoms with Gasteiger partial charge in [-0.15, -0.1) is 14.7 Å². The summed E-state index contributed by atoms with van der Waals surface area (Å²) in [7, 11) is 1.56. The maximum absolute atomic E-state index is 11.9. The Kier molecular flexibility index (Phi) is 10.2. The highest BCUT2D eigenvalue weighted by Gasteiger charge is 2.29. The summed E-state index contributed by atoms with van der Waals surface area (Å²) in [6.45, 7) is 4.85. The quantitative estimate of drug-likeness (QED) is 0.300. The van der Waals surface area contributed by atoms with Crippen LogP contribution in [0, 0.1) is 20.6 Å². The second kappa shape index (κ2) is 13.1. The molecule has 2 aromatic rings. The highest BCUT2D eigenvalue weighted by Crippen LogP contribution is 2.19. The van der Waals surface area contributed by atoms with Crippen molar-refractivity contribution in [3.63, 3.8) is 0 Å². The zero-order valence-corrected chi connectivity index (χ0v) is 18.9. The molecule has 0 bridgehead atoms. The fraction of sp³-hybridized carbons (Fsp3) is 0.478. The summed E-state index contributed by atoms with van der Waals surface area (Å²) in [5.41, 5.74) is 2.12. The van der Waals surface area contributed by atoms with E-state index in [1.165, 1.54) is 15.0 Å². The minimum atomic E-state index is -0.388. The summed E-state index contributed by atoms with van der Waals surface area (Å²) in [6, 6.07) is 18.8. The molecular weight excluding hydrogens is 408 g/mol. The number of hydrogen-bond acceptors (Lipinski definition) is 6. The van der Waals surface area contributed by atoms with Gasteiger partial charge in [0.1, 0.15) is 0 Å². The highest BCUT2D eigenvalue weighted by molar-refractivity contribution is 5.16. The van der Waals surface area contributed by atoms with E-state index >= 15 is 0 Å². The lowest BCUT2D eigenvalue weighted by atomic mass is 10.0. The Balaban J connectivity index is 2.17. The van der Waals surface area contributed by atoms with Crippen molar-refractivity contribution in [2.75, 3.05) is 26.7 Å². The number of hydrogen-bond donors (Lipinski definition) is 0. The van der Waals surface area contributed by atoms with E-state index in [9.17, 15) is 14.7 Å². The minimum absolute atomic E-state index is 0.0482. The molecule has 0 unspecified atom stereocenters. The van der Waals surface area contributed by atoms with Crippen molar-refractivity contribution in [1.29, 1.82) is 0 Å². The largest absolute Gasteiger partial charge is 0.262 e. The first-order valence-electron chi connectivity index (χ1n) is 10.8. The zero-order chi connectivity index (χ0) is 23.3. The maximum atomic E-state index is 11.9. The normalized spacial score (nSPS) is 12.6. The molecule has 0 amide bonds. The molecule has 0 fully saturated rings. The Morgan fingerprint density at radius 2 is 1.31 bits per heavy atom. The molecule has 0 saturated carbocycles. The fourth-order valence-corrected chi connectivity index (χ4v) is 3.73. The fourth-order valence-electron chi connectivity index (χ4n) is 3.73. The van der Waals surface area contributed by atoms with Gasteiger partial charge in [0.05, 0.1) is 41.0 Å². The number of benzene rings is 2. The third kappa shape index (κ3) is 7.72. The van der Waals surface area contributed by atoms with Crippen LogP contribution in [0.25, 0.3) is 0 Å². The van der Waals surface area contributed by atoms with Crippen molar-refractivity contribution in [1.82, 2.24) is 15.0 Å². The summed E-state index contributed by atoms with van der Waals surface area (Å²) in [6.07, 6.45) is 1.17. The van der Waals surface area contributed by atoms with Gasteiger partial charge in [0.15, 0.2) is 0 Å². The lowest BCUT2D eigenvalue weighted by molar-refractivity contribution is 0.0742. The van der Waals surface area contributed by atoms with Crippen LogP contribution in [0.5, 0.6) is 0 Å². The molecule has 0 saturated heterocycles. The van der Waals surface area contributed by atoms with Crippen LogP contribution >= 0.6 is 0 Å². The average molecular weight is 441 g/mol. The van der Waals surface area contributed by atoms with Gasteiger partial charge in [-0.2, -0.15) is 0 Å². The van der Waals surface area contributed by atoms with Crippen molar-refractivity contribution in [2.45, 2.75) is 38.8 Å². The van der Waals surface area contributed by atoms with Gasteiger partial charge in [0, 0.05) is 13.6 Å². The Morgan fingerprint density at radius 1 is 0.750 bits per heavy atom. The third-order valence-electron chi connectivity index (χ3n) is 5.56. The molecular formula is C23H32N6O3. The average Bonchev–Trinajstić information content (AvgIpc) is 2.82. The molecule has 2 atom stereocenters. The molecule has 0 aliphatic rings. The van der Waals surface area contributed by atoms with Crippen LogP contribution in [0.4, 0.5) is 0 Å². The Morgan fingerprint density at radius 3 is 1.81 bits per heavy atom. The maximum Gasteiger partial charge on any atom is 0.0736 e. The number of likely N-dealkylation sites (N-methyl/N-ethyl adjacent to an activating group) is 1. The van der Waals surface area contributed by atoms with Gasteiger partial charge in [-0.25, -0.2) is 0 Å². The van der Waals surface area contributed by atoms with Gasteiger partial charge in [-0.05, 0) is 29.9 Å². The standard InChI is InChI=1S/C23H32N6O3/c1-19(2)23(28(25-31)15-14-20-10-6-4-7-11-20)18-29(26-32)22(17-27(3)24-30)16-21-12-8-5-9-13-21/h4-13,19,22-23H,14-18H2,1-3H3/t22-,23-/m0/s1. The van der Waals surface area contributed by atoms with Gasteiger partial charge in [0.25, 0.3) is 0 Å². The smallest absolute Gasteiger partial charge is 0.0736 e. The first kappa shape index (κ1) is 24.9. The summed E-state index contributed by atoms with van der Waals surface area (Å²) >= 11 is 0. The van der Waals surface area contributed by atoms with E-state index in [4.69, 9.17) is 0 Å². The van der Waals surface area contributed by atoms with Crippen molar-refractivity contribution in [2.24, 2.45) is 21.8 Å². The molecule has 0 spiro atoms. The molecule has 2 rings (SSSR count). The Hall–Kier alpha value is -3.36. The summed E-state index contributed by atoms with van der Waals surface area (Å²) in [5, 5.41) is 13.7. The van der Waals surface area contributed by atoms with E-state index in [0.717, 1.165) is 11.1 Å². The van der Waals surface area contributed by atoms with Crippen molar-refractivity contribution in [3.8, 4) is 0 Å². The number of rotatable bonds is 15. The molecule has 2 aromatic carbocycles. The monoisotopic (exact) mass is 440 g/mol. The van der Waals surface area contributed by atoms with E-state index in [-0.39, 0.29) is 31.1 Å². The van der Waals surface area contributed by atoms with Crippen LogP contribution < -0.4 is 0 Å². The first-order chi connectivity index (χ1) is 15.5. The van der Waals surface area contributed by atoms with Gasteiger partial charge in [-0.1, -0.05) is 74.5 Å². The van der Waals surface area contributed by atoms with Crippen molar-refractivity contribution >= 4 is 0 Å². The van der Waals surface area contributed by atoms with Gasteiger partial charge >= 0.3 is 0 Å². The van der Waals surface area contributed by atoms with Crippen LogP contribution in [0.3, 0.4) is 0 Å². The van der Waals surface area contributed by atoms with Gasteiger partial charge in [0.2, 0.25) is 0 Å². The van der Waals surface area contributed by atoms with E-state index in [1.54, 1.807) is 7.05 Å². The van der Waals surface area contributed by atoms with E-state index in [0.29, 0.717) is 19.4 Å². The predicted octanol–water partition coefficient (Wildman–Crippen LogP) is 4.45. The topological polar surface area (TPSA) is 98.0 Å². The molecule has 0 aromatic heterocycles. The zero-order valence-electron chi connectivity index (χ0n) is 18.9. The van der Waals surface area contributed by atoms with Crippen LogP contribution in [-0.2, 0) is 12.8 Å². The molecule has 0 N–H and O–H groups in total. The van der Waals surface area contributed by atoms with Crippen LogP contribution in [0.15, 0.2) is 76.5 Å². The van der Waals surface area contributed by atoms with Gasteiger partial charge < -0.3 is 0 Å². The molecule has 0 radical (unpaired) electrons. The van der Waals surface area contributed by atoms with E-state index in [2.05, 4.69) is 15.9 Å². The van der Waals surface area contributed by atoms with E-state index < -0.39 is 0 Å². The summed E-state index contributed by atoms with van der Waals surface area (Å²) in [4.78, 5) is 34.6. The second-order valence-corrected chi connectivity index (χ2v) is 8.26. The van der Waals surface area contributed by atoms with Crippen molar-refractivity contribution < 1.29 is 0 Å². The number of nitroso groups, excluding NO2 is 3. The molecule has 0 aliphatic heterocycles. The lowest BCUT2D eigenvalue weighted by Gasteiger charge is -2.35. The molecule has 172 valence electrons. The highest BCUT2D eigenvalue weighted by atomic mass is 16.3. The molecule has 9 nitrogen and oxygen atoms in total. The van der Waals surface area contributed by atoms with Crippen molar-refractivity contribution in [3.05, 3.63) is 86.5 Å². The van der Waals surface area contributed by atoms with Gasteiger partial charge in [-0.3, -0.25) is 15.0 Å². The van der Waals surface area contributed by atoms with Crippen LogP contribution in [0.2, 0.25) is 0 Å². The molecule has 32 heavy (non-hydrogen) atoms. The molecule has 9 heteroatoms. The minimum Gasteiger partial charge on any atom is -0.262 e. The van der Waals surface area contributed by atoms with E-state index in [1.807, 2.05) is 74.5 Å². The predicted molar refractivity (Wildman–Crippen MR) is 126 cm³/mol. The first-order valence-corrected chi connectivity index (χ1v) is 10.8. The second-order valence-electron chi connectivity index (χ2n) is 8.26. The summed E-state index contributed by atoms with van der Waals surface area (Å²) < 4.78 is 0.